The van der Waals surface area contributed by atoms with Gasteiger partial charge >= 0.3 is 0 Å². The zero-order valence-electron chi connectivity index (χ0n) is 11.9. The molecule has 1 fully saturated rings. The van der Waals surface area contributed by atoms with Crippen molar-refractivity contribution in [1.29, 1.82) is 0 Å². The summed E-state index contributed by atoms with van der Waals surface area (Å²) in [4.78, 5) is 4.20. The highest BCUT2D eigenvalue weighted by Gasteiger charge is 2.25. The molecule has 102 valence electrons. The maximum absolute atomic E-state index is 3.61. The first-order chi connectivity index (χ1) is 8.74. The van der Waals surface area contributed by atoms with Crippen molar-refractivity contribution < 1.29 is 0 Å². The van der Waals surface area contributed by atoms with Crippen LogP contribution in [0.4, 0.5) is 0 Å². The summed E-state index contributed by atoms with van der Waals surface area (Å²) < 4.78 is 0. The van der Waals surface area contributed by atoms with E-state index in [-0.39, 0.29) is 0 Å². The SMILES string of the molecule is CCNC1CCN(Cc2sccc2CC)CC1C. The van der Waals surface area contributed by atoms with Gasteiger partial charge in [-0.2, -0.15) is 0 Å². The lowest BCUT2D eigenvalue weighted by molar-refractivity contribution is 0.143. The van der Waals surface area contributed by atoms with E-state index in [1.165, 1.54) is 25.9 Å². The lowest BCUT2D eigenvalue weighted by atomic mass is 9.93. The minimum absolute atomic E-state index is 0.722. The number of nitrogens with zero attached hydrogens (tertiary/aromatic N) is 1. The Bertz CT molecular complexity index is 361. The Kier molecular flexibility index (Phi) is 5.22. The molecule has 0 saturated carbocycles. The fourth-order valence-electron chi connectivity index (χ4n) is 2.96. The highest BCUT2D eigenvalue weighted by Crippen LogP contribution is 2.23. The highest BCUT2D eigenvalue weighted by atomic mass is 32.1. The van der Waals surface area contributed by atoms with Crippen LogP contribution in [0.2, 0.25) is 0 Å². The van der Waals surface area contributed by atoms with Crippen LogP contribution in [0.25, 0.3) is 0 Å². The molecule has 2 nitrogen and oxygen atoms in total. The minimum Gasteiger partial charge on any atom is -0.314 e. The first-order valence-electron chi connectivity index (χ1n) is 7.25. The summed E-state index contributed by atoms with van der Waals surface area (Å²) in [5.74, 6) is 0.767. The zero-order valence-corrected chi connectivity index (χ0v) is 12.7. The molecule has 0 amide bonds. The molecule has 0 aromatic carbocycles. The predicted molar refractivity (Wildman–Crippen MR) is 80.2 cm³/mol. The van der Waals surface area contributed by atoms with Gasteiger partial charge in [-0.3, -0.25) is 4.90 Å². The third-order valence-electron chi connectivity index (χ3n) is 4.04. The molecule has 1 aliphatic rings. The number of piperidine rings is 1. The lowest BCUT2D eigenvalue weighted by Crippen LogP contribution is -2.47. The van der Waals surface area contributed by atoms with Crippen molar-refractivity contribution in [2.45, 2.75) is 46.2 Å². The van der Waals surface area contributed by atoms with Gasteiger partial charge in [0.15, 0.2) is 0 Å². The number of hydrogen-bond acceptors (Lipinski definition) is 3. The van der Waals surface area contributed by atoms with E-state index in [9.17, 15) is 0 Å². The topological polar surface area (TPSA) is 15.3 Å². The molecule has 1 N–H and O–H groups in total. The van der Waals surface area contributed by atoms with Crippen LogP contribution in [0.1, 0.15) is 37.6 Å². The van der Waals surface area contributed by atoms with Gasteiger partial charge in [-0.15, -0.1) is 11.3 Å². The van der Waals surface area contributed by atoms with Crippen LogP contribution in [-0.2, 0) is 13.0 Å². The summed E-state index contributed by atoms with van der Waals surface area (Å²) in [6.07, 6.45) is 2.46. The van der Waals surface area contributed by atoms with Crippen molar-refractivity contribution in [3.63, 3.8) is 0 Å². The Balaban J connectivity index is 1.89. The second-order valence-electron chi connectivity index (χ2n) is 5.39. The fourth-order valence-corrected chi connectivity index (χ4v) is 3.98. The summed E-state index contributed by atoms with van der Waals surface area (Å²) in [6, 6.07) is 3.01. The van der Waals surface area contributed by atoms with Gasteiger partial charge in [0.2, 0.25) is 0 Å². The number of likely N-dealkylation sites (tertiary alicyclic amines) is 1. The molecule has 1 aromatic rings. The minimum atomic E-state index is 0.722. The molecule has 2 atom stereocenters. The summed E-state index contributed by atoms with van der Waals surface area (Å²) >= 11 is 1.92. The van der Waals surface area contributed by atoms with Gasteiger partial charge in [0.1, 0.15) is 0 Å². The van der Waals surface area contributed by atoms with Gasteiger partial charge in [0.25, 0.3) is 0 Å². The summed E-state index contributed by atoms with van der Waals surface area (Å²) in [5.41, 5.74) is 1.54. The quantitative estimate of drug-likeness (QED) is 0.881. The molecule has 3 heteroatoms. The van der Waals surface area contributed by atoms with Crippen molar-refractivity contribution in [1.82, 2.24) is 10.2 Å². The summed E-state index contributed by atoms with van der Waals surface area (Å²) in [7, 11) is 0. The van der Waals surface area contributed by atoms with Crippen molar-refractivity contribution in [3.05, 3.63) is 21.9 Å². The van der Waals surface area contributed by atoms with Crippen molar-refractivity contribution >= 4 is 11.3 Å². The average Bonchev–Trinajstić information content (AvgIpc) is 2.80. The summed E-state index contributed by atoms with van der Waals surface area (Å²) in [6.45, 7) is 11.6. The molecular formula is C15H26N2S. The van der Waals surface area contributed by atoms with Crippen LogP contribution >= 0.6 is 11.3 Å². The number of thiophene rings is 1. The average molecular weight is 266 g/mol. The Morgan fingerprint density at radius 2 is 2.28 bits per heavy atom. The van der Waals surface area contributed by atoms with Crippen LogP contribution in [0.5, 0.6) is 0 Å². The molecule has 0 radical (unpaired) electrons. The molecule has 1 saturated heterocycles. The second kappa shape index (κ2) is 6.69. The normalized spacial score (nSPS) is 25.5. The highest BCUT2D eigenvalue weighted by molar-refractivity contribution is 7.10. The zero-order chi connectivity index (χ0) is 13.0. The van der Waals surface area contributed by atoms with Crippen LogP contribution in [-0.4, -0.2) is 30.6 Å². The number of aryl methyl sites for hydroxylation is 1. The van der Waals surface area contributed by atoms with E-state index in [1.54, 1.807) is 10.4 Å². The lowest BCUT2D eigenvalue weighted by Gasteiger charge is -2.37. The first kappa shape index (κ1) is 14.0. The van der Waals surface area contributed by atoms with Gasteiger partial charge in [0.05, 0.1) is 0 Å². The Morgan fingerprint density at radius 3 is 2.94 bits per heavy atom. The van der Waals surface area contributed by atoms with E-state index in [0.29, 0.717) is 0 Å². The number of hydrogen-bond donors (Lipinski definition) is 1. The van der Waals surface area contributed by atoms with Crippen LogP contribution in [0, 0.1) is 5.92 Å². The molecule has 1 aliphatic heterocycles. The van der Waals surface area contributed by atoms with E-state index in [1.807, 2.05) is 11.3 Å². The predicted octanol–water partition coefficient (Wildman–Crippen LogP) is 3.13. The Hall–Kier alpha value is -0.380. The smallest absolute Gasteiger partial charge is 0.0330 e. The fraction of sp³-hybridized carbons (Fsp3) is 0.733. The van der Waals surface area contributed by atoms with E-state index in [2.05, 4.69) is 42.4 Å². The molecule has 0 spiro atoms. The third kappa shape index (κ3) is 3.34. The molecule has 0 bridgehead atoms. The van der Waals surface area contributed by atoms with E-state index in [0.717, 1.165) is 25.0 Å². The van der Waals surface area contributed by atoms with Gasteiger partial charge in [-0.05, 0) is 42.3 Å². The molecule has 1 aromatic heterocycles. The largest absolute Gasteiger partial charge is 0.314 e. The molecule has 18 heavy (non-hydrogen) atoms. The Labute approximate surface area is 115 Å². The van der Waals surface area contributed by atoms with Gasteiger partial charge in [-0.1, -0.05) is 20.8 Å². The monoisotopic (exact) mass is 266 g/mol. The van der Waals surface area contributed by atoms with Crippen LogP contribution in [0.15, 0.2) is 11.4 Å². The molecular weight excluding hydrogens is 240 g/mol. The maximum Gasteiger partial charge on any atom is 0.0330 e. The van der Waals surface area contributed by atoms with Crippen LogP contribution in [0.3, 0.4) is 0 Å². The van der Waals surface area contributed by atoms with Gasteiger partial charge in [0, 0.05) is 30.6 Å². The van der Waals surface area contributed by atoms with E-state index >= 15 is 0 Å². The third-order valence-corrected chi connectivity index (χ3v) is 4.99. The molecule has 2 heterocycles. The van der Waals surface area contributed by atoms with Crippen molar-refractivity contribution in [2.24, 2.45) is 5.92 Å². The maximum atomic E-state index is 3.61. The molecule has 2 rings (SSSR count). The first-order valence-corrected chi connectivity index (χ1v) is 8.13. The molecule has 2 unspecified atom stereocenters. The van der Waals surface area contributed by atoms with Crippen molar-refractivity contribution in [2.75, 3.05) is 19.6 Å². The van der Waals surface area contributed by atoms with Crippen LogP contribution < -0.4 is 5.32 Å². The summed E-state index contributed by atoms with van der Waals surface area (Å²) in [5, 5.41) is 5.85. The van der Waals surface area contributed by atoms with E-state index in [4.69, 9.17) is 0 Å². The Morgan fingerprint density at radius 1 is 1.44 bits per heavy atom. The van der Waals surface area contributed by atoms with Gasteiger partial charge in [-0.25, -0.2) is 0 Å². The number of nitrogens with one attached hydrogen (secondary N) is 1. The standard InChI is InChI=1S/C15H26N2S/c1-4-13-7-9-18-15(13)11-17-8-6-14(16-5-2)12(3)10-17/h7,9,12,14,16H,4-6,8,10-11H2,1-3H3. The van der Waals surface area contributed by atoms with Gasteiger partial charge < -0.3 is 5.32 Å². The molecule has 0 aliphatic carbocycles. The van der Waals surface area contributed by atoms with Crippen molar-refractivity contribution in [3.8, 4) is 0 Å². The second-order valence-corrected chi connectivity index (χ2v) is 6.39. The van der Waals surface area contributed by atoms with E-state index < -0.39 is 0 Å². The number of rotatable bonds is 5.